The second kappa shape index (κ2) is 10.8. The van der Waals surface area contributed by atoms with Gasteiger partial charge in [0.1, 0.15) is 12.5 Å². The maximum atomic E-state index is 11.9. The number of hydrogen-bond acceptors (Lipinski definition) is 8. The molecular weight excluding hydrogens is 382 g/mol. The highest BCUT2D eigenvalue weighted by Gasteiger charge is 2.24. The van der Waals surface area contributed by atoms with Gasteiger partial charge >= 0.3 is 5.97 Å². The third-order valence-corrected chi connectivity index (χ3v) is 4.29. The van der Waals surface area contributed by atoms with Crippen molar-refractivity contribution in [3.05, 3.63) is 0 Å². The Morgan fingerprint density at radius 2 is 1.74 bits per heavy atom. The van der Waals surface area contributed by atoms with E-state index in [0.29, 0.717) is 26.2 Å². The summed E-state index contributed by atoms with van der Waals surface area (Å²) in [6, 6.07) is -1.29. The van der Waals surface area contributed by atoms with Crippen LogP contribution in [-0.4, -0.2) is 95.7 Å². The Kier molecular flexibility index (Phi) is 9.11. The molecule has 3 amide bonds. The van der Waals surface area contributed by atoms with Crippen LogP contribution in [0.4, 0.5) is 0 Å². The van der Waals surface area contributed by atoms with Gasteiger partial charge in [0.2, 0.25) is 27.7 Å². The summed E-state index contributed by atoms with van der Waals surface area (Å²) in [7, 11) is -2.61. The van der Waals surface area contributed by atoms with Crippen LogP contribution in [0.3, 0.4) is 0 Å². The second-order valence-electron chi connectivity index (χ2n) is 5.85. The van der Waals surface area contributed by atoms with Crippen LogP contribution in [-0.2, 0) is 33.9 Å². The molecule has 13 heteroatoms. The topological polar surface area (TPSA) is 163 Å². The zero-order valence-electron chi connectivity index (χ0n) is 15.2. The molecule has 1 saturated heterocycles. The van der Waals surface area contributed by atoms with Gasteiger partial charge in [-0.05, 0) is 0 Å². The number of methoxy groups -OCH3 is 1. The lowest BCUT2D eigenvalue weighted by molar-refractivity contribution is -0.142. The van der Waals surface area contributed by atoms with E-state index in [-0.39, 0.29) is 18.9 Å². The minimum atomic E-state index is -3.69. The molecule has 0 aromatic carbocycles. The number of nitrogens with zero attached hydrogens (tertiary/aromatic N) is 1. The summed E-state index contributed by atoms with van der Waals surface area (Å²) in [6.45, 7) is 1.61. The van der Waals surface area contributed by atoms with Crippen LogP contribution >= 0.6 is 0 Å². The number of carbonyl (C=O) groups excluding carboxylic acids is 4. The molecule has 0 aromatic heterocycles. The van der Waals surface area contributed by atoms with Crippen LogP contribution in [0.25, 0.3) is 0 Å². The van der Waals surface area contributed by atoms with E-state index in [1.165, 1.54) is 0 Å². The molecule has 0 bridgehead atoms. The van der Waals surface area contributed by atoms with Crippen molar-refractivity contribution in [1.82, 2.24) is 25.6 Å². The molecule has 154 valence electrons. The van der Waals surface area contributed by atoms with Gasteiger partial charge in [-0.15, -0.1) is 0 Å². The van der Waals surface area contributed by atoms with Crippen LogP contribution in [0.2, 0.25) is 0 Å². The molecule has 1 heterocycles. The Morgan fingerprint density at radius 1 is 1.11 bits per heavy atom. The van der Waals surface area contributed by atoms with Crippen LogP contribution in [0, 0.1) is 0 Å². The predicted molar refractivity (Wildman–Crippen MR) is 93.9 cm³/mol. The van der Waals surface area contributed by atoms with Crippen molar-refractivity contribution < 1.29 is 32.3 Å². The number of rotatable bonds is 9. The van der Waals surface area contributed by atoms with Gasteiger partial charge in [-0.25, -0.2) is 8.42 Å². The van der Waals surface area contributed by atoms with Gasteiger partial charge in [-0.2, -0.15) is 4.72 Å². The Balaban J connectivity index is 2.36. The molecular formula is C14H25N5O7S. The number of carbonyl (C=O) groups is 4. The van der Waals surface area contributed by atoms with Gasteiger partial charge in [-0.1, -0.05) is 0 Å². The highest BCUT2D eigenvalue weighted by molar-refractivity contribution is 7.88. The van der Waals surface area contributed by atoms with Gasteiger partial charge in [-0.3, -0.25) is 19.2 Å². The maximum absolute atomic E-state index is 11.9. The monoisotopic (exact) mass is 407 g/mol. The fourth-order valence-electron chi connectivity index (χ4n) is 2.26. The van der Waals surface area contributed by atoms with Crippen molar-refractivity contribution in [2.24, 2.45) is 0 Å². The summed E-state index contributed by atoms with van der Waals surface area (Å²) in [5, 5.41) is 7.70. The molecule has 0 saturated carbocycles. The molecule has 1 atom stereocenters. The van der Waals surface area contributed by atoms with Gasteiger partial charge in [0.15, 0.2) is 0 Å². The zero-order valence-corrected chi connectivity index (χ0v) is 16.1. The average Bonchev–Trinajstić information content (AvgIpc) is 2.62. The highest BCUT2D eigenvalue weighted by atomic mass is 32.2. The standard InChI is InChI=1S/C14H25N5O7S/c1-26-14(23)10(18-27(2,24)25)8-16-12(21)9-17-11(20)7-13(22)19-5-3-15-4-6-19/h10,15,18H,3-9H2,1-2H3,(H,16,21)(H,17,20). The van der Waals surface area contributed by atoms with Gasteiger partial charge < -0.3 is 25.6 Å². The van der Waals surface area contributed by atoms with Crippen molar-refractivity contribution in [2.45, 2.75) is 12.5 Å². The summed E-state index contributed by atoms with van der Waals surface area (Å²) in [4.78, 5) is 48.5. The molecule has 0 spiro atoms. The minimum absolute atomic E-state index is 0.322. The summed E-state index contributed by atoms with van der Waals surface area (Å²) in [6.07, 6.45) is 0.494. The lowest BCUT2D eigenvalue weighted by Gasteiger charge is -2.27. The van der Waals surface area contributed by atoms with E-state index >= 15 is 0 Å². The van der Waals surface area contributed by atoms with Crippen molar-refractivity contribution >= 4 is 33.7 Å². The third kappa shape index (κ3) is 9.30. The SMILES string of the molecule is COC(=O)C(CNC(=O)CNC(=O)CC(=O)N1CCNCC1)NS(C)(=O)=O. The smallest absolute Gasteiger partial charge is 0.325 e. The molecule has 1 aliphatic rings. The maximum Gasteiger partial charge on any atom is 0.325 e. The van der Waals surface area contributed by atoms with Crippen molar-refractivity contribution in [2.75, 3.05) is 52.6 Å². The van der Waals surface area contributed by atoms with Crippen molar-refractivity contribution in [1.29, 1.82) is 0 Å². The van der Waals surface area contributed by atoms with E-state index in [9.17, 15) is 27.6 Å². The first kappa shape index (κ1) is 22.8. The van der Waals surface area contributed by atoms with E-state index < -0.39 is 40.4 Å². The molecule has 1 rings (SSSR count). The quantitative estimate of drug-likeness (QED) is 0.223. The van der Waals surface area contributed by atoms with Crippen molar-refractivity contribution in [3.63, 3.8) is 0 Å². The van der Waals surface area contributed by atoms with Crippen LogP contribution in [0.1, 0.15) is 6.42 Å². The van der Waals surface area contributed by atoms with Gasteiger partial charge in [0.25, 0.3) is 0 Å². The van der Waals surface area contributed by atoms with Crippen molar-refractivity contribution in [3.8, 4) is 0 Å². The number of hydrogen-bond donors (Lipinski definition) is 4. The fourth-order valence-corrected chi connectivity index (χ4v) is 2.95. The van der Waals surface area contributed by atoms with Crippen LogP contribution in [0.15, 0.2) is 0 Å². The van der Waals surface area contributed by atoms with E-state index in [4.69, 9.17) is 0 Å². The lowest BCUT2D eigenvalue weighted by atomic mass is 10.3. The summed E-state index contributed by atoms with van der Waals surface area (Å²) < 4.78 is 28.9. The predicted octanol–water partition coefficient (Wildman–Crippen LogP) is -3.87. The molecule has 1 fully saturated rings. The minimum Gasteiger partial charge on any atom is -0.468 e. The van der Waals surface area contributed by atoms with Crippen LogP contribution in [0.5, 0.6) is 0 Å². The molecule has 12 nitrogen and oxygen atoms in total. The summed E-state index contributed by atoms with van der Waals surface area (Å²) in [5.74, 6) is -2.45. The lowest BCUT2D eigenvalue weighted by Crippen LogP contribution is -2.50. The number of nitrogens with one attached hydrogen (secondary N) is 4. The normalized spacial score (nSPS) is 15.6. The molecule has 1 aliphatic heterocycles. The number of piperazine rings is 1. The third-order valence-electron chi connectivity index (χ3n) is 3.57. The Morgan fingerprint density at radius 3 is 2.30 bits per heavy atom. The largest absolute Gasteiger partial charge is 0.468 e. The van der Waals surface area contributed by atoms with Gasteiger partial charge in [0, 0.05) is 32.7 Å². The zero-order chi connectivity index (χ0) is 20.4. The molecule has 0 aliphatic carbocycles. The Bertz CT molecular complexity index is 661. The number of ether oxygens (including phenoxy) is 1. The number of amides is 3. The highest BCUT2D eigenvalue weighted by Crippen LogP contribution is 1.97. The van der Waals surface area contributed by atoms with Crippen LogP contribution < -0.4 is 20.7 Å². The molecule has 0 aromatic rings. The van der Waals surface area contributed by atoms with E-state index in [0.717, 1.165) is 13.4 Å². The van der Waals surface area contributed by atoms with E-state index in [1.54, 1.807) is 4.90 Å². The Hall–Kier alpha value is -2.25. The molecule has 0 radical (unpaired) electrons. The first-order chi connectivity index (χ1) is 12.6. The number of sulfonamides is 1. The molecule has 4 N–H and O–H groups in total. The molecule has 27 heavy (non-hydrogen) atoms. The first-order valence-corrected chi connectivity index (χ1v) is 10.1. The van der Waals surface area contributed by atoms with E-state index in [1.807, 2.05) is 4.72 Å². The second-order valence-corrected chi connectivity index (χ2v) is 7.63. The molecule has 1 unspecified atom stereocenters. The number of esters is 1. The Labute approximate surface area is 157 Å². The fraction of sp³-hybridized carbons (Fsp3) is 0.714. The van der Waals surface area contributed by atoms with E-state index in [2.05, 4.69) is 20.7 Å². The van der Waals surface area contributed by atoms with Gasteiger partial charge in [0.05, 0.1) is 19.9 Å². The summed E-state index contributed by atoms with van der Waals surface area (Å²) in [5.41, 5.74) is 0. The first-order valence-electron chi connectivity index (χ1n) is 8.19. The average molecular weight is 407 g/mol. The summed E-state index contributed by atoms with van der Waals surface area (Å²) >= 11 is 0.